The Morgan fingerprint density at radius 1 is 0.182 bits per heavy atom. The molecule has 0 saturated heterocycles. The molecule has 0 saturated carbocycles. The standard InChI is InChI=1S/C116H93BN2Si2/c1-115(2,3)94-65-73-109(105(80-94)88-44-24-11-25-45-88)119-111-81-95(116(4,5)6)64-71-107(111)117-106-70-62-92(85-58-66-100(67-59-85)120(96-48-26-12-27-49-96,97-50-28-13-29-51-97)102-56-34-46-89(74-102)82-36-16-7-17-37-82)77-110(106)118(108-72-63-91(84-40-20-9-21-41-84)76-104(108)87-42-22-10-23-43-87)112-78-93(79-113(119)114(112)117)86-60-68-101(69-61-86)121(98-52-30-14-31-53-98,99-54-32-15-33-55-99)103-57-35-47-90(75-103)83-38-18-8-19-39-83/h7-81H,1-6H3. The Hall–Kier alpha value is -13.9. The highest BCUT2D eigenvalue weighted by Gasteiger charge is 2.47. The smallest absolute Gasteiger partial charge is 0.252 e. The Kier molecular flexibility index (Phi) is 19.7. The van der Waals surface area contributed by atoms with Gasteiger partial charge in [-0.1, -0.05) is 448 Å². The van der Waals surface area contributed by atoms with Crippen molar-refractivity contribution >= 4 is 115 Å². The van der Waals surface area contributed by atoms with Crippen LogP contribution in [0.5, 0.6) is 0 Å². The topological polar surface area (TPSA) is 6.48 Å². The molecule has 20 rings (SSSR count). The minimum absolute atomic E-state index is 0.132. The molecule has 5 heteroatoms. The van der Waals surface area contributed by atoms with Crippen LogP contribution in [-0.2, 0) is 10.8 Å². The molecule has 0 aromatic heterocycles. The van der Waals surface area contributed by atoms with Crippen LogP contribution in [0, 0.1) is 0 Å². The highest BCUT2D eigenvalue weighted by molar-refractivity contribution is 7.20. The molecule has 578 valence electrons. The number of hydrogen-bond acceptors (Lipinski definition) is 2. The summed E-state index contributed by atoms with van der Waals surface area (Å²) in [5.41, 5.74) is 29.1. The lowest BCUT2D eigenvalue weighted by Gasteiger charge is -2.45. The zero-order valence-corrected chi connectivity index (χ0v) is 71.3. The van der Waals surface area contributed by atoms with E-state index in [9.17, 15) is 0 Å². The normalized spacial score (nSPS) is 12.5. The van der Waals surface area contributed by atoms with Gasteiger partial charge >= 0.3 is 0 Å². The number of nitrogens with zero attached hydrogens (tertiary/aromatic N) is 2. The lowest BCUT2D eigenvalue weighted by atomic mass is 9.33. The van der Waals surface area contributed by atoms with Crippen LogP contribution >= 0.6 is 0 Å². The van der Waals surface area contributed by atoms with Gasteiger partial charge in [0, 0.05) is 33.9 Å². The third kappa shape index (κ3) is 13.6. The molecule has 0 spiro atoms. The fourth-order valence-electron chi connectivity index (χ4n) is 19.5. The van der Waals surface area contributed by atoms with Crippen molar-refractivity contribution in [3.8, 4) is 77.9 Å². The summed E-state index contributed by atoms with van der Waals surface area (Å²) in [5, 5.41) is 10.6. The number of rotatable bonds is 17. The van der Waals surface area contributed by atoms with Gasteiger partial charge in [0.1, 0.15) is 0 Å². The number of hydrogen-bond donors (Lipinski definition) is 0. The first kappa shape index (κ1) is 75.8. The van der Waals surface area contributed by atoms with Gasteiger partial charge < -0.3 is 9.80 Å². The lowest BCUT2D eigenvalue weighted by Crippen LogP contribution is -2.74. The van der Waals surface area contributed by atoms with Crippen LogP contribution in [0.15, 0.2) is 455 Å². The van der Waals surface area contributed by atoms with Crippen molar-refractivity contribution in [3.05, 3.63) is 466 Å². The summed E-state index contributed by atoms with van der Waals surface area (Å²) in [4.78, 5) is 5.35. The Morgan fingerprint density at radius 2 is 0.446 bits per heavy atom. The van der Waals surface area contributed by atoms with E-state index >= 15 is 0 Å². The van der Waals surface area contributed by atoms with E-state index in [2.05, 4.69) is 506 Å². The van der Waals surface area contributed by atoms with Gasteiger partial charge in [0.05, 0.1) is 11.4 Å². The van der Waals surface area contributed by atoms with E-state index < -0.39 is 16.1 Å². The van der Waals surface area contributed by atoms with Crippen LogP contribution in [0.2, 0.25) is 0 Å². The third-order valence-corrected chi connectivity index (χ3v) is 35.0. The predicted octanol–water partition coefficient (Wildman–Crippen LogP) is 22.8. The molecule has 0 unspecified atom stereocenters. The molecule has 0 radical (unpaired) electrons. The predicted molar refractivity (Wildman–Crippen MR) is 523 cm³/mol. The molecule has 0 atom stereocenters. The molecule has 0 N–H and O–H groups in total. The molecule has 18 aromatic rings. The second kappa shape index (κ2) is 31.4. The van der Waals surface area contributed by atoms with Gasteiger partial charge in [0.2, 0.25) is 0 Å². The highest BCUT2D eigenvalue weighted by Crippen LogP contribution is 2.52. The van der Waals surface area contributed by atoms with Gasteiger partial charge in [-0.05, 0) is 195 Å². The molecular formula is C116H93BN2Si2. The largest absolute Gasteiger partial charge is 0.311 e. The van der Waals surface area contributed by atoms with E-state index in [1.807, 2.05) is 0 Å². The van der Waals surface area contributed by atoms with Crippen molar-refractivity contribution in [1.29, 1.82) is 0 Å². The monoisotopic (exact) mass is 1580 g/mol. The van der Waals surface area contributed by atoms with Crippen molar-refractivity contribution in [2.45, 2.75) is 52.4 Å². The van der Waals surface area contributed by atoms with Gasteiger partial charge in [-0.15, -0.1) is 0 Å². The molecule has 2 aliphatic heterocycles. The molecule has 2 aliphatic rings. The number of fused-ring (bicyclic) bond motifs is 4. The molecule has 18 aromatic carbocycles. The van der Waals surface area contributed by atoms with Crippen LogP contribution < -0.4 is 67.7 Å². The van der Waals surface area contributed by atoms with Crippen LogP contribution in [0.4, 0.5) is 34.1 Å². The van der Waals surface area contributed by atoms with E-state index in [1.165, 1.54) is 114 Å². The van der Waals surface area contributed by atoms with Gasteiger partial charge in [0.15, 0.2) is 16.1 Å². The first-order valence-corrected chi connectivity index (χ1v) is 46.5. The van der Waals surface area contributed by atoms with E-state index in [1.54, 1.807) is 0 Å². The van der Waals surface area contributed by atoms with E-state index in [4.69, 9.17) is 0 Å². The quantitative estimate of drug-likeness (QED) is 0.0662. The summed E-state index contributed by atoms with van der Waals surface area (Å²) in [6.07, 6.45) is 0. The highest BCUT2D eigenvalue weighted by atomic mass is 28.3. The average Bonchev–Trinajstić information content (AvgIpc) is 0.701. The fraction of sp³-hybridized carbons (Fsp3) is 0.0690. The molecule has 2 nitrogen and oxygen atoms in total. The van der Waals surface area contributed by atoms with Crippen LogP contribution in [0.1, 0.15) is 52.7 Å². The van der Waals surface area contributed by atoms with Crippen molar-refractivity contribution in [3.63, 3.8) is 0 Å². The zero-order valence-electron chi connectivity index (χ0n) is 69.3. The summed E-state index contributed by atoms with van der Waals surface area (Å²) in [7, 11) is -6.11. The van der Waals surface area contributed by atoms with E-state index in [0.717, 1.165) is 67.4 Å². The molecule has 0 amide bonds. The van der Waals surface area contributed by atoms with Gasteiger partial charge in [-0.3, -0.25) is 0 Å². The maximum Gasteiger partial charge on any atom is 0.252 e. The summed E-state index contributed by atoms with van der Waals surface area (Å²) in [6, 6.07) is 173. The Bertz CT molecular complexity index is 6720. The van der Waals surface area contributed by atoms with Crippen molar-refractivity contribution in [2.24, 2.45) is 0 Å². The number of anilines is 6. The Labute approximate surface area is 715 Å². The minimum Gasteiger partial charge on any atom is -0.311 e. The SMILES string of the molecule is CC(C)(C)c1ccc(N2c3cc(C(C)(C)C)ccc3B3c4ccc(-c5ccc([Si](c6ccccc6)(c6ccccc6)c6cccc(-c7ccccc7)c6)cc5)cc4N(c4ccc(-c5ccccc5)cc4-c4ccccc4)c4cc(-c5ccc([Si](c6ccccc6)(c6ccccc6)c6cccc(-c7ccccc7)c6)cc5)cc2c43)c(-c2ccccc2)c1. The van der Waals surface area contributed by atoms with Gasteiger partial charge in [0.25, 0.3) is 6.71 Å². The van der Waals surface area contributed by atoms with Crippen LogP contribution in [-0.4, -0.2) is 22.9 Å². The molecule has 0 fully saturated rings. The number of benzene rings is 18. The van der Waals surface area contributed by atoms with Crippen LogP contribution in [0.3, 0.4) is 0 Å². The lowest BCUT2D eigenvalue weighted by molar-refractivity contribution is 0.590. The van der Waals surface area contributed by atoms with Crippen molar-refractivity contribution in [2.75, 3.05) is 9.80 Å². The minimum atomic E-state index is -3.09. The summed E-state index contributed by atoms with van der Waals surface area (Å²) >= 11 is 0. The second-order valence-corrected chi connectivity index (χ2v) is 42.3. The van der Waals surface area contributed by atoms with Gasteiger partial charge in [-0.2, -0.15) is 0 Å². The fourth-order valence-corrected chi connectivity index (χ4v) is 29.0. The average molecular weight is 1580 g/mol. The summed E-state index contributed by atoms with van der Waals surface area (Å²) < 4.78 is 0. The maximum atomic E-state index is 2.68. The summed E-state index contributed by atoms with van der Waals surface area (Å²) in [5.74, 6) is 0. The Morgan fingerprint density at radius 3 is 0.851 bits per heavy atom. The van der Waals surface area contributed by atoms with Gasteiger partial charge in [-0.25, -0.2) is 0 Å². The van der Waals surface area contributed by atoms with E-state index in [-0.39, 0.29) is 17.5 Å². The molecular weight excluding hydrogens is 1490 g/mol. The molecule has 0 aliphatic carbocycles. The first-order chi connectivity index (χ1) is 59.3. The van der Waals surface area contributed by atoms with Crippen molar-refractivity contribution in [1.82, 2.24) is 0 Å². The van der Waals surface area contributed by atoms with Crippen molar-refractivity contribution < 1.29 is 0 Å². The first-order valence-electron chi connectivity index (χ1n) is 42.5. The van der Waals surface area contributed by atoms with Crippen LogP contribution in [0.25, 0.3) is 77.9 Å². The maximum absolute atomic E-state index is 3.09. The van der Waals surface area contributed by atoms with E-state index in [0.29, 0.717) is 0 Å². The molecule has 2 heterocycles. The third-order valence-electron chi connectivity index (χ3n) is 25.5. The summed E-state index contributed by atoms with van der Waals surface area (Å²) in [6.45, 7) is 13.9. The Balaban J connectivity index is 0.861. The molecule has 0 bridgehead atoms. The molecule has 121 heavy (non-hydrogen) atoms. The zero-order chi connectivity index (χ0) is 81.8. The second-order valence-electron chi connectivity index (χ2n) is 34.7.